The molecule has 438 valence electrons. The van der Waals surface area contributed by atoms with E-state index in [9.17, 15) is 20.1 Å². The number of carbonyl (C=O) groups excluding carboxylic acids is 1. The van der Waals surface area contributed by atoms with Gasteiger partial charge in [0.2, 0.25) is 0 Å². The number of phenolic OH excluding ortho intramolecular Hbond substituents is 2. The molecular weight excluding hydrogens is 1090 g/mol. The molecule has 11 bridgehead atoms. The molecule has 15 heteroatoms. The monoisotopic (exact) mass is 1170 g/mol. The lowest BCUT2D eigenvalue weighted by atomic mass is 9.64. The van der Waals surface area contributed by atoms with Crippen molar-refractivity contribution in [2.24, 2.45) is 41.2 Å². The van der Waals surface area contributed by atoms with Gasteiger partial charge in [0.05, 0.1) is 37.5 Å². The first-order valence-corrected chi connectivity index (χ1v) is 33.0. The highest BCUT2D eigenvalue weighted by Gasteiger charge is 2.53. The molecule has 2 saturated carbocycles. The summed E-state index contributed by atoms with van der Waals surface area (Å²) in [7, 11) is 7.14. The normalized spacial score (nSPS) is 32.1. The predicted molar refractivity (Wildman–Crippen MR) is 329 cm³/mol. The van der Waals surface area contributed by atoms with Gasteiger partial charge in [0.25, 0.3) is 0 Å². The van der Waals surface area contributed by atoms with E-state index in [0.29, 0.717) is 71.9 Å². The number of benzene rings is 4. The van der Waals surface area contributed by atoms with Gasteiger partial charge in [-0.25, -0.2) is 0 Å². The minimum absolute atomic E-state index is 0.00455. The van der Waals surface area contributed by atoms with Crippen molar-refractivity contribution in [3.8, 4) is 63.6 Å². The minimum atomic E-state index is -0.844. The molecule has 6 heterocycles. The Balaban J connectivity index is 1.10. The van der Waals surface area contributed by atoms with Gasteiger partial charge in [0.1, 0.15) is 42.0 Å². The Hall–Kier alpha value is -6.01. The number of nitrogens with two attached hydrogens (primary N) is 1. The molecule has 13 nitrogen and oxygen atoms in total. The smallest absolute Gasteiger partial charge is 0.302 e. The van der Waals surface area contributed by atoms with Crippen LogP contribution < -0.4 is 35.9 Å². The molecule has 14 rings (SSSR count). The number of hydrogen-bond acceptors (Lipinski definition) is 15. The first kappa shape index (κ1) is 55.8. The third-order valence-electron chi connectivity index (χ3n) is 20.4. The van der Waals surface area contributed by atoms with Crippen molar-refractivity contribution < 1.29 is 43.8 Å². The molecule has 1 unspecified atom stereocenters. The number of ether oxygens (including phenoxy) is 5. The number of nitrogens with one attached hydrogen (secondary N) is 3. The zero-order valence-corrected chi connectivity index (χ0v) is 49.8. The molecule has 84 heavy (non-hydrogen) atoms. The van der Waals surface area contributed by atoms with Crippen LogP contribution in [0.1, 0.15) is 120 Å². The van der Waals surface area contributed by atoms with E-state index < -0.39 is 35.5 Å². The van der Waals surface area contributed by atoms with Crippen LogP contribution in [0.25, 0.3) is 17.2 Å². The Kier molecular flexibility index (Phi) is 15.3. The average Bonchev–Trinajstić information content (AvgIpc) is 1.72. The molecule has 1 spiro atoms. The molecule has 4 aromatic carbocycles. The first-order valence-electron chi connectivity index (χ1n) is 30.5. The second kappa shape index (κ2) is 23.0. The highest BCUT2D eigenvalue weighted by Crippen LogP contribution is 2.64. The van der Waals surface area contributed by atoms with Gasteiger partial charge in [-0.2, -0.15) is 0 Å². The first-order chi connectivity index (χ1) is 41.0. The van der Waals surface area contributed by atoms with Crippen molar-refractivity contribution in [3.05, 3.63) is 128 Å². The second-order valence-corrected chi connectivity index (χ2v) is 27.9. The Morgan fingerprint density at radius 2 is 1.81 bits per heavy atom. The van der Waals surface area contributed by atoms with Gasteiger partial charge < -0.3 is 60.7 Å². The second-order valence-electron chi connectivity index (χ2n) is 25.4. The maximum absolute atomic E-state index is 13.5. The molecule has 0 radical (unpaired) electrons. The van der Waals surface area contributed by atoms with E-state index in [4.69, 9.17) is 29.4 Å². The number of phenols is 2. The number of aromatic hydroxyl groups is 2. The molecule has 4 aromatic rings. The lowest BCUT2D eigenvalue weighted by Crippen LogP contribution is -2.49. The topological polar surface area (TPSA) is 186 Å². The summed E-state index contributed by atoms with van der Waals surface area (Å²) in [4.78, 5) is 13.3. The highest BCUT2D eigenvalue weighted by molar-refractivity contribution is 8.76. The highest BCUT2D eigenvalue weighted by atomic mass is 33.1. The lowest BCUT2D eigenvalue weighted by molar-refractivity contribution is -0.141. The Morgan fingerprint density at radius 1 is 0.940 bits per heavy atom. The molecule has 0 aromatic heterocycles. The van der Waals surface area contributed by atoms with Crippen molar-refractivity contribution in [1.29, 1.82) is 0 Å². The molecule has 8 N–H and O–H groups in total. The summed E-state index contributed by atoms with van der Waals surface area (Å²) in [5, 5.41) is 47.9. The predicted octanol–water partition coefficient (Wildman–Crippen LogP) is 9.64. The molecule has 4 aliphatic carbocycles. The Labute approximate surface area is 501 Å². The fraction of sp³-hybridized carbons (Fsp3) is 0.493. The number of allylic oxidation sites excluding steroid dienone is 3. The van der Waals surface area contributed by atoms with E-state index in [1.807, 2.05) is 33.7 Å². The maximum atomic E-state index is 13.5. The van der Waals surface area contributed by atoms with Crippen LogP contribution in [0, 0.1) is 59.2 Å². The molecule has 14 atom stereocenters. The van der Waals surface area contributed by atoms with Crippen molar-refractivity contribution in [2.75, 3.05) is 52.1 Å². The largest absolute Gasteiger partial charge is 0.508 e. The number of methoxy groups -OCH3 is 2. The SMILES string of the molecule is COC[C@H]1[C@H](CO)CNCc2c(O)c3c(c4c2[C@@H]2C#CC5=C(C=CC(N)N5)[C@@H](Cc5cccc(c5)C[C@H]1C#C2)[C@H]1CC[C@]2(Cc5cc(O)cc(OC)c5-c5ccc6c(c52)O[C@H]4[C@H]6COC(C)=O)C1)C=C[C@@H]1N[C@@H]2CCC[C@@H](CSSC[C@@H]1O3)C2. The summed E-state index contributed by atoms with van der Waals surface area (Å²) < 4.78 is 33.9. The maximum Gasteiger partial charge on any atom is 0.302 e. The summed E-state index contributed by atoms with van der Waals surface area (Å²) in [5.74, 6) is 17.2. The van der Waals surface area contributed by atoms with Gasteiger partial charge in [-0.3, -0.25) is 4.79 Å². The van der Waals surface area contributed by atoms with Gasteiger partial charge in [-0.15, -0.1) is 0 Å². The number of fused-ring (bicyclic) bond motifs is 14. The number of aliphatic hydroxyl groups is 1. The standard InChI is InChI=1S/C69H76N4O9S2/c1-37(75)80-34-55-49-13-14-50-61-44(26-47(76)27-58(61)79-3)29-69-21-20-43(28-69)52-25-39-7-4-6-38(22-39)23-42-11-10-41(12-17-56-48(52)16-19-60(70)73-56)62-53(31-71-30-45(32-74)54(42)33-78-2)65(77)68-51(63(62)66(55)82-67(49)64(50)69)15-18-57-59(81-68)36-84-83-35-40-8-5-9-46(24-40)72-57/h4,6-7,13-16,18-19,22,26-27,40-43,45-46,52,54-55,57,59-60,66,71-74,76-77H,5,8-9,20-21,23-25,28-36,70H2,1-3H3/t40-,41+,42-,43+,45+,46-,52+,54-,55+,57+,59+,60?,66+,69-/m1/s1. The van der Waals surface area contributed by atoms with Gasteiger partial charge in [-0.05, 0) is 127 Å². The van der Waals surface area contributed by atoms with Gasteiger partial charge >= 0.3 is 5.97 Å². The van der Waals surface area contributed by atoms with Crippen LogP contribution in [-0.2, 0) is 45.5 Å². The van der Waals surface area contributed by atoms with Crippen LogP contribution in [-0.4, -0.2) is 97.7 Å². The van der Waals surface area contributed by atoms with E-state index in [-0.39, 0.29) is 73.0 Å². The third kappa shape index (κ3) is 10.1. The minimum Gasteiger partial charge on any atom is -0.508 e. The van der Waals surface area contributed by atoms with Gasteiger partial charge in [0, 0.05) is 114 Å². The van der Waals surface area contributed by atoms with E-state index in [2.05, 4.69) is 94.3 Å². The average molecular weight is 1170 g/mol. The molecule has 3 fully saturated rings. The summed E-state index contributed by atoms with van der Waals surface area (Å²) in [6.45, 7) is 2.31. The molecular formula is C69H76N4O9S2. The van der Waals surface area contributed by atoms with Crippen molar-refractivity contribution in [3.63, 3.8) is 0 Å². The molecule has 6 aliphatic heterocycles. The third-order valence-corrected chi connectivity index (χ3v) is 22.9. The van der Waals surface area contributed by atoms with Crippen molar-refractivity contribution >= 4 is 33.6 Å². The van der Waals surface area contributed by atoms with Gasteiger partial charge in [-0.1, -0.05) is 100 Å². The van der Waals surface area contributed by atoms with E-state index in [1.54, 1.807) is 20.3 Å². The summed E-state index contributed by atoms with van der Waals surface area (Å²) >= 11 is 0. The number of esters is 1. The Morgan fingerprint density at radius 3 is 2.65 bits per heavy atom. The van der Waals surface area contributed by atoms with Crippen LogP contribution in [0.2, 0.25) is 0 Å². The number of rotatable bonds is 6. The number of dihydropyridines is 1. The Bertz CT molecular complexity index is 3520. The van der Waals surface area contributed by atoms with Crippen LogP contribution >= 0.6 is 21.6 Å². The van der Waals surface area contributed by atoms with E-state index in [0.717, 1.165) is 100 Å². The van der Waals surface area contributed by atoms with Gasteiger partial charge in [0.15, 0.2) is 11.5 Å². The quantitative estimate of drug-likeness (QED) is 0.0550. The number of aliphatic hydroxyl groups excluding tert-OH is 1. The van der Waals surface area contributed by atoms with Crippen LogP contribution in [0.5, 0.6) is 28.7 Å². The fourth-order valence-corrected chi connectivity index (χ4v) is 19.2. The zero-order valence-electron chi connectivity index (χ0n) is 48.1. The van der Waals surface area contributed by atoms with Crippen molar-refractivity contribution in [1.82, 2.24) is 16.0 Å². The van der Waals surface area contributed by atoms with Crippen LogP contribution in [0.15, 0.2) is 78.0 Å². The number of carbonyl (C=O) groups is 1. The molecule has 1 saturated heterocycles. The van der Waals surface area contributed by atoms with E-state index in [1.165, 1.54) is 25.3 Å². The summed E-state index contributed by atoms with van der Waals surface area (Å²) in [6, 6.07) is 17.1. The van der Waals surface area contributed by atoms with Crippen molar-refractivity contribution in [2.45, 2.75) is 125 Å². The van der Waals surface area contributed by atoms with Crippen LogP contribution in [0.3, 0.4) is 0 Å². The van der Waals surface area contributed by atoms with Crippen LogP contribution in [0.4, 0.5) is 0 Å². The molecule has 10 aliphatic rings. The summed E-state index contributed by atoms with van der Waals surface area (Å²) in [5.41, 5.74) is 18.3. The fourth-order valence-electron chi connectivity index (χ4n) is 16.5. The lowest BCUT2D eigenvalue weighted by Gasteiger charge is -2.40. The summed E-state index contributed by atoms with van der Waals surface area (Å²) in [6.07, 6.45) is 16.1. The number of hydrogen-bond donors (Lipinski definition) is 7. The zero-order chi connectivity index (χ0) is 57.4. The molecule has 0 amide bonds. The van der Waals surface area contributed by atoms with E-state index >= 15 is 0 Å².